The van der Waals surface area contributed by atoms with E-state index in [9.17, 15) is 4.79 Å². The third-order valence-corrected chi connectivity index (χ3v) is 5.16. The molecule has 0 fully saturated rings. The van der Waals surface area contributed by atoms with Gasteiger partial charge in [-0.25, -0.2) is 0 Å². The maximum atomic E-state index is 12.5. The van der Waals surface area contributed by atoms with Crippen LogP contribution < -0.4 is 14.8 Å². The number of benzene rings is 2. The van der Waals surface area contributed by atoms with E-state index in [2.05, 4.69) is 5.32 Å². The van der Waals surface area contributed by atoms with Crippen molar-refractivity contribution in [1.82, 2.24) is 5.32 Å². The number of carbonyl (C=O) groups excluding carboxylic acids is 1. The summed E-state index contributed by atoms with van der Waals surface area (Å²) >= 11 is 0. The van der Waals surface area contributed by atoms with Crippen molar-refractivity contribution in [2.75, 3.05) is 13.7 Å². The normalized spacial score (nSPS) is 11.5. The average molecular weight is 431 g/mol. The van der Waals surface area contributed by atoms with Gasteiger partial charge >= 0.3 is 0 Å². The van der Waals surface area contributed by atoms with Gasteiger partial charge in [0.05, 0.1) is 32.8 Å². The molecule has 6 heteroatoms. The van der Waals surface area contributed by atoms with Crippen molar-refractivity contribution in [3.8, 4) is 22.6 Å². The van der Waals surface area contributed by atoms with Gasteiger partial charge in [0.15, 0.2) is 0 Å². The van der Waals surface area contributed by atoms with Gasteiger partial charge in [-0.1, -0.05) is 18.2 Å². The molecule has 32 heavy (non-hydrogen) atoms. The molecule has 0 saturated carbocycles. The highest BCUT2D eigenvalue weighted by Gasteiger charge is 2.17. The molecule has 0 atom stereocenters. The zero-order valence-electron chi connectivity index (χ0n) is 18.3. The molecule has 4 aromatic rings. The van der Waals surface area contributed by atoms with E-state index in [0.717, 1.165) is 33.4 Å². The zero-order chi connectivity index (χ0) is 22.5. The third kappa shape index (κ3) is 4.39. The number of allylic oxidation sites excluding steroid dienone is 1. The lowest BCUT2D eigenvalue weighted by Gasteiger charge is -2.12. The van der Waals surface area contributed by atoms with E-state index in [0.29, 0.717) is 30.2 Å². The Morgan fingerprint density at radius 3 is 2.66 bits per heavy atom. The van der Waals surface area contributed by atoms with E-state index < -0.39 is 0 Å². The monoisotopic (exact) mass is 431 g/mol. The Balaban J connectivity index is 1.72. The molecule has 1 amide bonds. The van der Waals surface area contributed by atoms with Crippen LogP contribution in [0.1, 0.15) is 25.2 Å². The number of nitrogens with one attached hydrogen (secondary N) is 1. The third-order valence-electron chi connectivity index (χ3n) is 5.16. The van der Waals surface area contributed by atoms with Crippen molar-refractivity contribution in [3.63, 3.8) is 0 Å². The second kappa shape index (κ2) is 9.47. The van der Waals surface area contributed by atoms with Crippen molar-refractivity contribution >= 4 is 22.4 Å². The van der Waals surface area contributed by atoms with Gasteiger partial charge in [0.1, 0.15) is 22.8 Å². The molecule has 0 aliphatic heterocycles. The summed E-state index contributed by atoms with van der Waals surface area (Å²) in [7, 11) is 1.65. The highest BCUT2D eigenvalue weighted by atomic mass is 16.5. The Bertz CT molecular complexity index is 1250. The fourth-order valence-corrected chi connectivity index (χ4v) is 3.63. The number of ether oxygens (including phenoxy) is 2. The second-order valence-electron chi connectivity index (χ2n) is 7.25. The van der Waals surface area contributed by atoms with Crippen molar-refractivity contribution in [2.24, 2.45) is 0 Å². The minimum Gasteiger partial charge on any atom is -0.496 e. The summed E-state index contributed by atoms with van der Waals surface area (Å²) in [6, 6.07) is 15.3. The summed E-state index contributed by atoms with van der Waals surface area (Å²) in [5.74, 6) is 1.91. The summed E-state index contributed by atoms with van der Waals surface area (Å²) in [5.41, 5.74) is 4.15. The minimum absolute atomic E-state index is 0.210. The number of furan rings is 2. The van der Waals surface area contributed by atoms with Crippen molar-refractivity contribution in [2.45, 2.75) is 20.4 Å². The molecule has 0 aliphatic carbocycles. The zero-order valence-corrected chi connectivity index (χ0v) is 18.3. The predicted molar refractivity (Wildman–Crippen MR) is 124 cm³/mol. The topological polar surface area (TPSA) is 73.8 Å². The highest BCUT2D eigenvalue weighted by Crippen LogP contribution is 2.40. The first-order valence-electron chi connectivity index (χ1n) is 10.4. The fraction of sp³-hybridized carbons (Fsp3) is 0.192. The van der Waals surface area contributed by atoms with Gasteiger partial charge < -0.3 is 23.6 Å². The van der Waals surface area contributed by atoms with Crippen molar-refractivity contribution in [3.05, 3.63) is 78.5 Å². The number of carbonyl (C=O) groups is 1. The van der Waals surface area contributed by atoms with E-state index in [-0.39, 0.29) is 5.91 Å². The Hall–Kier alpha value is -3.93. The van der Waals surface area contributed by atoms with Gasteiger partial charge in [0.2, 0.25) is 5.91 Å². The first kappa shape index (κ1) is 21.3. The second-order valence-corrected chi connectivity index (χ2v) is 7.25. The minimum atomic E-state index is -0.210. The van der Waals surface area contributed by atoms with Crippen LogP contribution in [0.25, 0.3) is 27.7 Å². The van der Waals surface area contributed by atoms with Crippen LogP contribution in [0, 0.1) is 0 Å². The Kier molecular flexibility index (Phi) is 6.31. The maximum absolute atomic E-state index is 12.5. The number of para-hydroxylation sites is 1. The van der Waals surface area contributed by atoms with Gasteiger partial charge in [-0.3, -0.25) is 4.79 Å². The molecule has 2 heterocycles. The Morgan fingerprint density at radius 1 is 1.06 bits per heavy atom. The SMILES string of the molecule is CCOc1cc2occ(-c3ccccc3OC)c2cc1/C(C)=C/C(=O)NCc1ccco1. The van der Waals surface area contributed by atoms with Crippen LogP contribution in [0.3, 0.4) is 0 Å². The standard InChI is InChI=1S/C26H25NO5/c1-4-30-24-14-25-21(22(16-32-25)19-9-5-6-10-23(19)29-3)13-20(24)17(2)12-26(28)27-15-18-8-7-11-31-18/h5-14,16H,4,15H2,1-3H3,(H,27,28)/b17-12+. The fourth-order valence-electron chi connectivity index (χ4n) is 3.63. The number of fused-ring (bicyclic) bond motifs is 1. The van der Waals surface area contributed by atoms with Crippen LogP contribution >= 0.6 is 0 Å². The summed E-state index contributed by atoms with van der Waals surface area (Å²) in [6.45, 7) is 4.63. The van der Waals surface area contributed by atoms with Gasteiger partial charge in [-0.15, -0.1) is 0 Å². The van der Waals surface area contributed by atoms with E-state index in [1.165, 1.54) is 0 Å². The largest absolute Gasteiger partial charge is 0.496 e. The van der Waals surface area contributed by atoms with Crippen LogP contribution in [0.2, 0.25) is 0 Å². The van der Waals surface area contributed by atoms with Crippen molar-refractivity contribution in [1.29, 1.82) is 0 Å². The summed E-state index contributed by atoms with van der Waals surface area (Å²) in [6.07, 6.45) is 4.86. The maximum Gasteiger partial charge on any atom is 0.244 e. The molecule has 0 unspecified atom stereocenters. The Labute approximate surface area is 186 Å². The molecule has 0 radical (unpaired) electrons. The lowest BCUT2D eigenvalue weighted by molar-refractivity contribution is -0.116. The van der Waals surface area contributed by atoms with Crippen LogP contribution in [-0.4, -0.2) is 19.6 Å². The van der Waals surface area contributed by atoms with Crippen LogP contribution in [0.5, 0.6) is 11.5 Å². The summed E-state index contributed by atoms with van der Waals surface area (Å²) in [5, 5.41) is 3.75. The van der Waals surface area contributed by atoms with Gasteiger partial charge in [0.25, 0.3) is 0 Å². The Morgan fingerprint density at radius 2 is 1.91 bits per heavy atom. The molecule has 0 spiro atoms. The van der Waals surface area contributed by atoms with Crippen LogP contribution in [0.4, 0.5) is 0 Å². The molecule has 2 aromatic carbocycles. The quantitative estimate of drug-likeness (QED) is 0.356. The number of methoxy groups -OCH3 is 1. The molecular weight excluding hydrogens is 406 g/mol. The van der Waals surface area contributed by atoms with Crippen LogP contribution in [0.15, 0.2) is 76.0 Å². The summed E-state index contributed by atoms with van der Waals surface area (Å²) in [4.78, 5) is 12.5. The molecule has 4 rings (SSSR count). The van der Waals surface area contributed by atoms with Crippen LogP contribution in [-0.2, 0) is 11.3 Å². The molecular formula is C26H25NO5. The first-order valence-corrected chi connectivity index (χ1v) is 10.4. The first-order chi connectivity index (χ1) is 15.6. The molecule has 0 bridgehead atoms. The molecule has 6 nitrogen and oxygen atoms in total. The molecule has 1 N–H and O–H groups in total. The molecule has 0 aliphatic rings. The summed E-state index contributed by atoms with van der Waals surface area (Å²) < 4.78 is 22.5. The number of hydrogen-bond acceptors (Lipinski definition) is 5. The van der Waals surface area contributed by atoms with E-state index in [1.54, 1.807) is 31.8 Å². The number of rotatable bonds is 8. The highest BCUT2D eigenvalue weighted by molar-refractivity contribution is 6.01. The molecule has 164 valence electrons. The van der Waals surface area contributed by atoms with Gasteiger partial charge in [0, 0.05) is 34.2 Å². The van der Waals surface area contributed by atoms with E-state index in [4.69, 9.17) is 18.3 Å². The smallest absolute Gasteiger partial charge is 0.244 e. The van der Waals surface area contributed by atoms with Gasteiger partial charge in [-0.2, -0.15) is 0 Å². The molecule has 2 aromatic heterocycles. The van der Waals surface area contributed by atoms with E-state index in [1.807, 2.05) is 56.3 Å². The molecule has 0 saturated heterocycles. The average Bonchev–Trinajstić information content (AvgIpc) is 3.47. The van der Waals surface area contributed by atoms with E-state index >= 15 is 0 Å². The predicted octanol–water partition coefficient (Wildman–Crippen LogP) is 5.82. The van der Waals surface area contributed by atoms with Gasteiger partial charge in [-0.05, 0) is 43.7 Å². The van der Waals surface area contributed by atoms with Crippen molar-refractivity contribution < 1.29 is 23.1 Å². The number of amides is 1. The number of hydrogen-bond donors (Lipinski definition) is 1. The lowest BCUT2D eigenvalue weighted by Crippen LogP contribution is -2.20. The lowest BCUT2D eigenvalue weighted by atomic mass is 9.98.